The smallest absolute Gasteiger partial charge is 0.311 e. The van der Waals surface area contributed by atoms with Gasteiger partial charge >= 0.3 is 5.97 Å². The van der Waals surface area contributed by atoms with E-state index in [1.807, 2.05) is 0 Å². The normalized spacial score (nSPS) is 31.2. The van der Waals surface area contributed by atoms with Crippen molar-refractivity contribution in [2.45, 2.75) is 58.3 Å². The fourth-order valence-electron chi connectivity index (χ4n) is 3.58. The van der Waals surface area contributed by atoms with Crippen LogP contribution in [0.25, 0.3) is 0 Å². The number of amides is 1. The molecule has 2 aliphatic rings. The number of hydrogen-bond acceptors (Lipinski definition) is 3. The van der Waals surface area contributed by atoms with Crippen LogP contribution in [0, 0.1) is 16.7 Å². The van der Waals surface area contributed by atoms with Gasteiger partial charge in [-0.15, -0.1) is 0 Å². The summed E-state index contributed by atoms with van der Waals surface area (Å²) in [7, 11) is 0. The Kier molecular flexibility index (Phi) is 4.91. The Labute approximate surface area is 126 Å². The first kappa shape index (κ1) is 16.3. The third kappa shape index (κ3) is 3.57. The van der Waals surface area contributed by atoms with Crippen LogP contribution in [-0.2, 0) is 9.59 Å². The summed E-state index contributed by atoms with van der Waals surface area (Å²) >= 11 is 0. The van der Waals surface area contributed by atoms with E-state index >= 15 is 0 Å². The molecule has 0 aromatic heterocycles. The molecular weight excluding hydrogens is 268 g/mol. The standard InChI is InChI=1S/C16H28N2O3/c1-12-3-7-16(8-4-12,14(20)21)11-18-13(19)9-15(10-17)5-2-6-15/h12H,2-11,17H2,1H3,(H,18,19)(H,20,21). The number of nitrogens with two attached hydrogens (primary N) is 1. The molecule has 2 rings (SSSR count). The Morgan fingerprint density at radius 3 is 2.29 bits per heavy atom. The molecule has 0 unspecified atom stereocenters. The molecule has 0 spiro atoms. The van der Waals surface area contributed by atoms with Crippen LogP contribution in [0.15, 0.2) is 0 Å². The van der Waals surface area contributed by atoms with E-state index < -0.39 is 11.4 Å². The summed E-state index contributed by atoms with van der Waals surface area (Å²) in [5, 5.41) is 12.4. The van der Waals surface area contributed by atoms with Crippen molar-refractivity contribution in [2.75, 3.05) is 13.1 Å². The van der Waals surface area contributed by atoms with Crippen LogP contribution in [-0.4, -0.2) is 30.1 Å². The second kappa shape index (κ2) is 6.34. The van der Waals surface area contributed by atoms with Gasteiger partial charge in [0.25, 0.3) is 0 Å². The summed E-state index contributed by atoms with van der Waals surface area (Å²) in [6, 6.07) is 0. The highest BCUT2D eigenvalue weighted by Crippen LogP contribution is 2.43. The maximum atomic E-state index is 12.1. The van der Waals surface area contributed by atoms with Gasteiger partial charge in [-0.05, 0) is 56.4 Å². The van der Waals surface area contributed by atoms with Crippen LogP contribution in [0.2, 0.25) is 0 Å². The van der Waals surface area contributed by atoms with E-state index in [2.05, 4.69) is 12.2 Å². The van der Waals surface area contributed by atoms with E-state index in [9.17, 15) is 14.7 Å². The molecule has 0 heterocycles. The van der Waals surface area contributed by atoms with E-state index in [4.69, 9.17) is 5.73 Å². The molecule has 0 aliphatic heterocycles. The molecule has 0 radical (unpaired) electrons. The van der Waals surface area contributed by atoms with Crippen LogP contribution < -0.4 is 11.1 Å². The second-order valence-corrected chi connectivity index (χ2v) is 7.28. The van der Waals surface area contributed by atoms with Crippen LogP contribution in [0.3, 0.4) is 0 Å². The highest BCUT2D eigenvalue weighted by molar-refractivity contribution is 5.79. The third-order valence-electron chi connectivity index (χ3n) is 5.69. The fraction of sp³-hybridized carbons (Fsp3) is 0.875. The van der Waals surface area contributed by atoms with E-state index in [1.54, 1.807) is 0 Å². The van der Waals surface area contributed by atoms with Crippen molar-refractivity contribution in [1.82, 2.24) is 5.32 Å². The Hall–Kier alpha value is -1.10. The average Bonchev–Trinajstić information content (AvgIpc) is 2.42. The number of hydrogen-bond donors (Lipinski definition) is 3. The van der Waals surface area contributed by atoms with E-state index in [0.29, 0.717) is 31.7 Å². The minimum absolute atomic E-state index is 0.0262. The Bertz CT molecular complexity index is 391. The summed E-state index contributed by atoms with van der Waals surface area (Å²) in [4.78, 5) is 23.8. The maximum Gasteiger partial charge on any atom is 0.311 e. The molecular formula is C16H28N2O3. The van der Waals surface area contributed by atoms with Gasteiger partial charge in [0.2, 0.25) is 5.91 Å². The van der Waals surface area contributed by atoms with E-state index in [-0.39, 0.29) is 17.9 Å². The van der Waals surface area contributed by atoms with Gasteiger partial charge in [0.1, 0.15) is 0 Å². The molecule has 120 valence electrons. The number of carbonyl (C=O) groups is 2. The number of rotatable bonds is 6. The Morgan fingerprint density at radius 2 is 1.86 bits per heavy atom. The Morgan fingerprint density at radius 1 is 1.24 bits per heavy atom. The number of carbonyl (C=O) groups excluding carboxylic acids is 1. The van der Waals surface area contributed by atoms with Crippen molar-refractivity contribution in [3.8, 4) is 0 Å². The zero-order chi connectivity index (χ0) is 15.5. The molecule has 21 heavy (non-hydrogen) atoms. The van der Waals surface area contributed by atoms with Gasteiger partial charge in [-0.25, -0.2) is 0 Å². The minimum Gasteiger partial charge on any atom is -0.481 e. The van der Waals surface area contributed by atoms with E-state index in [1.165, 1.54) is 0 Å². The number of aliphatic carboxylic acids is 1. The predicted octanol–water partition coefficient (Wildman–Crippen LogP) is 1.90. The molecule has 0 aromatic carbocycles. The van der Waals surface area contributed by atoms with Crippen molar-refractivity contribution >= 4 is 11.9 Å². The van der Waals surface area contributed by atoms with Gasteiger partial charge < -0.3 is 16.2 Å². The van der Waals surface area contributed by atoms with Gasteiger partial charge in [0.15, 0.2) is 0 Å². The molecule has 2 fully saturated rings. The van der Waals surface area contributed by atoms with Gasteiger partial charge in [-0.3, -0.25) is 9.59 Å². The van der Waals surface area contributed by atoms with Crippen LogP contribution in [0.4, 0.5) is 0 Å². The first-order valence-electron chi connectivity index (χ1n) is 8.12. The number of nitrogens with one attached hydrogen (secondary N) is 1. The van der Waals surface area contributed by atoms with Crippen molar-refractivity contribution in [3.63, 3.8) is 0 Å². The largest absolute Gasteiger partial charge is 0.481 e. The first-order valence-corrected chi connectivity index (χ1v) is 8.12. The van der Waals surface area contributed by atoms with Gasteiger partial charge in [-0.1, -0.05) is 13.3 Å². The summed E-state index contributed by atoms with van der Waals surface area (Å²) in [6.07, 6.45) is 6.77. The molecule has 4 N–H and O–H groups in total. The lowest BCUT2D eigenvalue weighted by atomic mass is 9.66. The van der Waals surface area contributed by atoms with Crippen molar-refractivity contribution in [1.29, 1.82) is 0 Å². The van der Waals surface area contributed by atoms with Crippen LogP contribution in [0.5, 0.6) is 0 Å². The van der Waals surface area contributed by atoms with Crippen molar-refractivity contribution in [2.24, 2.45) is 22.5 Å². The molecule has 0 bridgehead atoms. The molecule has 5 heteroatoms. The van der Waals surface area contributed by atoms with Gasteiger partial charge in [0, 0.05) is 13.0 Å². The minimum atomic E-state index is -0.771. The second-order valence-electron chi connectivity index (χ2n) is 7.28. The molecule has 2 saturated carbocycles. The lowest BCUT2D eigenvalue weighted by Gasteiger charge is -2.41. The summed E-state index contributed by atoms with van der Waals surface area (Å²) in [5.74, 6) is -0.227. The summed E-state index contributed by atoms with van der Waals surface area (Å²) in [5.41, 5.74) is 4.98. The number of carboxylic acid groups (broad SMARTS) is 1. The maximum absolute atomic E-state index is 12.1. The topological polar surface area (TPSA) is 92.4 Å². The lowest BCUT2D eigenvalue weighted by molar-refractivity contribution is -0.151. The first-order chi connectivity index (χ1) is 9.91. The third-order valence-corrected chi connectivity index (χ3v) is 5.69. The molecule has 2 aliphatic carbocycles. The molecule has 0 atom stereocenters. The zero-order valence-electron chi connectivity index (χ0n) is 13.0. The van der Waals surface area contributed by atoms with Crippen LogP contribution >= 0.6 is 0 Å². The monoisotopic (exact) mass is 296 g/mol. The van der Waals surface area contributed by atoms with Gasteiger partial charge in [-0.2, -0.15) is 0 Å². The van der Waals surface area contributed by atoms with Crippen molar-refractivity contribution in [3.05, 3.63) is 0 Å². The highest BCUT2D eigenvalue weighted by Gasteiger charge is 2.42. The highest BCUT2D eigenvalue weighted by atomic mass is 16.4. The fourth-order valence-corrected chi connectivity index (χ4v) is 3.58. The Balaban J connectivity index is 1.87. The number of carboxylic acids is 1. The summed E-state index contributed by atoms with van der Waals surface area (Å²) in [6.45, 7) is 2.96. The summed E-state index contributed by atoms with van der Waals surface area (Å²) < 4.78 is 0. The van der Waals surface area contributed by atoms with Crippen molar-refractivity contribution < 1.29 is 14.7 Å². The van der Waals surface area contributed by atoms with Gasteiger partial charge in [0.05, 0.1) is 5.41 Å². The average molecular weight is 296 g/mol. The molecule has 1 amide bonds. The molecule has 5 nitrogen and oxygen atoms in total. The zero-order valence-corrected chi connectivity index (χ0v) is 13.0. The van der Waals surface area contributed by atoms with E-state index in [0.717, 1.165) is 32.1 Å². The predicted molar refractivity (Wildman–Crippen MR) is 80.7 cm³/mol. The van der Waals surface area contributed by atoms with Crippen LogP contribution in [0.1, 0.15) is 58.3 Å². The quantitative estimate of drug-likeness (QED) is 0.698. The molecule has 0 aromatic rings. The SMILES string of the molecule is CC1CCC(CNC(=O)CC2(CN)CCC2)(C(=O)O)CC1. The lowest BCUT2D eigenvalue weighted by Crippen LogP contribution is -2.47. The molecule has 0 saturated heterocycles.